The van der Waals surface area contributed by atoms with Gasteiger partial charge in [-0.25, -0.2) is 9.18 Å². The van der Waals surface area contributed by atoms with Crippen LogP contribution in [0, 0.1) is 5.82 Å². The highest BCUT2D eigenvalue weighted by Gasteiger charge is 2.33. The number of carbonyl (C=O) groups excluding carboxylic acids is 2. The number of cyclic esters (lactones) is 1. The van der Waals surface area contributed by atoms with Gasteiger partial charge in [-0.1, -0.05) is 30.3 Å². The predicted molar refractivity (Wildman–Crippen MR) is 113 cm³/mol. The number of allylic oxidation sites excluding steroid dienone is 1. The first kappa shape index (κ1) is 19.9. The SMILES string of the molecule is C/C=C/C(=O)NCC1CN(c2ccc(N3CCc4ccccc4C3)c(F)c2)C(=O)O1. The molecular formula is C23H24FN3O3. The second-order valence-corrected chi connectivity index (χ2v) is 7.44. The van der Waals surface area contributed by atoms with E-state index in [9.17, 15) is 14.0 Å². The molecule has 156 valence electrons. The van der Waals surface area contributed by atoms with Crippen molar-refractivity contribution in [1.29, 1.82) is 0 Å². The zero-order chi connectivity index (χ0) is 21.1. The molecule has 0 spiro atoms. The molecule has 2 aromatic rings. The third-order valence-electron chi connectivity index (χ3n) is 5.41. The number of carbonyl (C=O) groups is 2. The molecule has 0 saturated carbocycles. The molecule has 0 radical (unpaired) electrons. The first-order valence-electron chi connectivity index (χ1n) is 10.0. The summed E-state index contributed by atoms with van der Waals surface area (Å²) in [5.74, 6) is -0.616. The molecule has 0 aromatic heterocycles. The molecule has 0 bridgehead atoms. The van der Waals surface area contributed by atoms with Gasteiger partial charge in [0, 0.05) is 13.1 Å². The molecule has 6 nitrogen and oxygen atoms in total. The van der Waals surface area contributed by atoms with Gasteiger partial charge in [-0.2, -0.15) is 0 Å². The fourth-order valence-electron chi connectivity index (χ4n) is 3.88. The number of anilines is 2. The van der Waals surface area contributed by atoms with Crippen LogP contribution in [0.2, 0.25) is 0 Å². The molecule has 1 unspecified atom stereocenters. The van der Waals surface area contributed by atoms with Crippen LogP contribution in [0.5, 0.6) is 0 Å². The molecule has 30 heavy (non-hydrogen) atoms. The van der Waals surface area contributed by atoms with E-state index in [0.717, 1.165) is 13.0 Å². The van der Waals surface area contributed by atoms with E-state index >= 15 is 0 Å². The molecule has 4 rings (SSSR count). The summed E-state index contributed by atoms with van der Waals surface area (Å²) in [6.07, 6.45) is 2.89. The zero-order valence-electron chi connectivity index (χ0n) is 16.8. The van der Waals surface area contributed by atoms with Crippen LogP contribution in [0.1, 0.15) is 18.1 Å². The number of ether oxygens (including phenoxy) is 1. The van der Waals surface area contributed by atoms with Crippen molar-refractivity contribution in [3.05, 3.63) is 71.6 Å². The van der Waals surface area contributed by atoms with Gasteiger partial charge >= 0.3 is 6.09 Å². The molecule has 2 amide bonds. The lowest BCUT2D eigenvalue weighted by Crippen LogP contribution is -2.33. The van der Waals surface area contributed by atoms with Crippen molar-refractivity contribution in [2.45, 2.75) is 26.0 Å². The van der Waals surface area contributed by atoms with Crippen LogP contribution < -0.4 is 15.1 Å². The molecule has 2 heterocycles. The maximum Gasteiger partial charge on any atom is 0.414 e. The Morgan fingerprint density at radius 3 is 2.83 bits per heavy atom. The van der Waals surface area contributed by atoms with Crippen LogP contribution in [0.15, 0.2) is 54.6 Å². The summed E-state index contributed by atoms with van der Waals surface area (Å²) in [4.78, 5) is 27.2. The molecule has 0 aliphatic carbocycles. The van der Waals surface area contributed by atoms with Crippen molar-refractivity contribution in [1.82, 2.24) is 5.32 Å². The second kappa shape index (κ2) is 8.57. The molecular weight excluding hydrogens is 385 g/mol. The van der Waals surface area contributed by atoms with Gasteiger partial charge in [-0.05, 0) is 48.7 Å². The predicted octanol–water partition coefficient (Wildman–Crippen LogP) is 3.41. The average molecular weight is 409 g/mol. The van der Waals surface area contributed by atoms with Gasteiger partial charge in [0.15, 0.2) is 0 Å². The Kier molecular flexibility index (Phi) is 5.70. The standard InChI is InChI=1S/C23H24FN3O3/c1-2-5-22(28)25-13-19-15-27(23(29)30-19)18-8-9-21(20(24)12-18)26-11-10-16-6-3-4-7-17(16)14-26/h2-9,12,19H,10-11,13-15H2,1H3,(H,25,28)/b5-2+. The monoisotopic (exact) mass is 409 g/mol. The Hall–Kier alpha value is -3.35. The van der Waals surface area contributed by atoms with Crippen LogP contribution in [-0.4, -0.2) is 37.7 Å². The molecule has 2 aliphatic heterocycles. The minimum Gasteiger partial charge on any atom is -0.442 e. The first-order valence-corrected chi connectivity index (χ1v) is 10.0. The number of nitrogens with zero attached hydrogens (tertiary/aromatic N) is 2. The average Bonchev–Trinajstić information content (AvgIpc) is 3.12. The Labute approximate surface area is 174 Å². The molecule has 1 saturated heterocycles. The summed E-state index contributed by atoms with van der Waals surface area (Å²) in [5.41, 5.74) is 3.48. The molecule has 1 atom stereocenters. The number of halogens is 1. The third kappa shape index (κ3) is 4.15. The van der Waals surface area contributed by atoms with Gasteiger partial charge in [0.2, 0.25) is 5.91 Å². The van der Waals surface area contributed by atoms with E-state index in [-0.39, 0.29) is 24.8 Å². The van der Waals surface area contributed by atoms with Crippen LogP contribution in [0.3, 0.4) is 0 Å². The van der Waals surface area contributed by atoms with Crippen molar-refractivity contribution in [3.63, 3.8) is 0 Å². The lowest BCUT2D eigenvalue weighted by Gasteiger charge is -2.31. The summed E-state index contributed by atoms with van der Waals surface area (Å²) >= 11 is 0. The zero-order valence-corrected chi connectivity index (χ0v) is 16.8. The number of hydrogen-bond acceptors (Lipinski definition) is 4. The van der Waals surface area contributed by atoms with E-state index in [1.807, 2.05) is 17.0 Å². The lowest BCUT2D eigenvalue weighted by molar-refractivity contribution is -0.116. The minimum absolute atomic E-state index is 0.208. The highest BCUT2D eigenvalue weighted by Crippen LogP contribution is 2.30. The highest BCUT2D eigenvalue weighted by molar-refractivity contribution is 5.90. The lowest BCUT2D eigenvalue weighted by atomic mass is 9.99. The van der Waals surface area contributed by atoms with Crippen LogP contribution in [-0.2, 0) is 22.5 Å². The first-order chi connectivity index (χ1) is 14.5. The van der Waals surface area contributed by atoms with Crippen molar-refractivity contribution >= 4 is 23.4 Å². The molecule has 2 aromatic carbocycles. The third-order valence-corrected chi connectivity index (χ3v) is 5.41. The largest absolute Gasteiger partial charge is 0.442 e. The van der Waals surface area contributed by atoms with Gasteiger partial charge in [-0.3, -0.25) is 9.69 Å². The summed E-state index contributed by atoms with van der Waals surface area (Å²) in [6.45, 7) is 3.61. The van der Waals surface area contributed by atoms with Gasteiger partial charge in [0.25, 0.3) is 0 Å². The van der Waals surface area contributed by atoms with E-state index in [1.54, 1.807) is 25.1 Å². The number of amides is 2. The van der Waals surface area contributed by atoms with Crippen molar-refractivity contribution < 1.29 is 18.7 Å². The van der Waals surface area contributed by atoms with E-state index in [2.05, 4.69) is 17.4 Å². The smallest absolute Gasteiger partial charge is 0.414 e. The Bertz CT molecular complexity index is 991. The van der Waals surface area contributed by atoms with Crippen molar-refractivity contribution in [2.75, 3.05) is 29.4 Å². The number of rotatable bonds is 5. The van der Waals surface area contributed by atoms with Crippen molar-refractivity contribution in [2.24, 2.45) is 0 Å². The highest BCUT2D eigenvalue weighted by atomic mass is 19.1. The molecule has 1 N–H and O–H groups in total. The Morgan fingerprint density at radius 2 is 2.07 bits per heavy atom. The minimum atomic E-state index is -0.542. The number of nitrogens with one attached hydrogen (secondary N) is 1. The van der Waals surface area contributed by atoms with Gasteiger partial charge in [0.05, 0.1) is 24.5 Å². The normalized spacial score (nSPS) is 18.5. The summed E-state index contributed by atoms with van der Waals surface area (Å²) in [5, 5.41) is 2.68. The Balaban J connectivity index is 1.43. The van der Waals surface area contributed by atoms with E-state index in [4.69, 9.17) is 4.74 Å². The van der Waals surface area contributed by atoms with E-state index in [1.165, 1.54) is 28.2 Å². The fraction of sp³-hybridized carbons (Fsp3) is 0.304. The summed E-state index contributed by atoms with van der Waals surface area (Å²) in [6, 6.07) is 13.0. The quantitative estimate of drug-likeness (QED) is 0.769. The van der Waals surface area contributed by atoms with Gasteiger partial charge < -0.3 is 15.0 Å². The van der Waals surface area contributed by atoms with Crippen molar-refractivity contribution in [3.8, 4) is 0 Å². The summed E-state index contributed by atoms with van der Waals surface area (Å²) < 4.78 is 20.2. The molecule has 2 aliphatic rings. The Morgan fingerprint density at radius 1 is 1.27 bits per heavy atom. The van der Waals surface area contributed by atoms with Gasteiger partial charge in [0.1, 0.15) is 11.9 Å². The van der Waals surface area contributed by atoms with Gasteiger partial charge in [-0.15, -0.1) is 0 Å². The maximum absolute atomic E-state index is 14.9. The second-order valence-electron chi connectivity index (χ2n) is 7.44. The molecule has 7 heteroatoms. The maximum atomic E-state index is 14.9. The fourth-order valence-corrected chi connectivity index (χ4v) is 3.88. The van der Waals surface area contributed by atoms with Crippen LogP contribution >= 0.6 is 0 Å². The van der Waals surface area contributed by atoms with Crippen LogP contribution in [0.25, 0.3) is 0 Å². The molecule has 1 fully saturated rings. The van der Waals surface area contributed by atoms with Crippen LogP contribution in [0.4, 0.5) is 20.6 Å². The number of hydrogen-bond donors (Lipinski definition) is 1. The number of fused-ring (bicyclic) bond motifs is 1. The topological polar surface area (TPSA) is 61.9 Å². The summed E-state index contributed by atoms with van der Waals surface area (Å²) in [7, 11) is 0. The van der Waals surface area contributed by atoms with E-state index < -0.39 is 12.2 Å². The number of benzene rings is 2. The van der Waals surface area contributed by atoms with E-state index in [0.29, 0.717) is 17.9 Å².